The summed E-state index contributed by atoms with van der Waals surface area (Å²) in [6.07, 6.45) is 11.2. The molecule has 2 N–H and O–H groups in total. The lowest BCUT2D eigenvalue weighted by atomic mass is 9.43. The smallest absolute Gasteiger partial charge is 0.253 e. The van der Waals surface area contributed by atoms with Gasteiger partial charge in [0.15, 0.2) is 0 Å². The van der Waals surface area contributed by atoms with Crippen molar-refractivity contribution >= 4 is 5.91 Å². The highest BCUT2D eigenvalue weighted by atomic mass is 16.3. The lowest BCUT2D eigenvalue weighted by molar-refractivity contribution is -0.118. The maximum Gasteiger partial charge on any atom is 0.253 e. The summed E-state index contributed by atoms with van der Waals surface area (Å²) in [6.45, 7) is 9.58. The van der Waals surface area contributed by atoms with Crippen LogP contribution in [0, 0.1) is 44.8 Å². The third kappa shape index (κ3) is 3.27. The van der Waals surface area contributed by atoms with Gasteiger partial charge in [0.05, 0.1) is 12.7 Å². The van der Waals surface area contributed by atoms with Crippen LogP contribution in [0.4, 0.5) is 0 Å². The Labute approximate surface area is 235 Å². The highest BCUT2D eigenvalue weighted by Crippen LogP contribution is 2.87. The molecule has 4 fully saturated rings. The molecule has 11 unspecified atom stereocenters. The van der Waals surface area contributed by atoms with Gasteiger partial charge in [-0.3, -0.25) is 4.79 Å². The van der Waals surface area contributed by atoms with Crippen molar-refractivity contribution in [3.8, 4) is 0 Å². The van der Waals surface area contributed by atoms with Crippen LogP contribution in [0.5, 0.6) is 0 Å². The van der Waals surface area contributed by atoms with Gasteiger partial charge in [0.1, 0.15) is 0 Å². The van der Waals surface area contributed by atoms with Gasteiger partial charge in [-0.25, -0.2) is 0 Å². The van der Waals surface area contributed by atoms with Crippen LogP contribution < -0.4 is 0 Å². The van der Waals surface area contributed by atoms with E-state index in [9.17, 15) is 15.0 Å². The second-order valence-corrected chi connectivity index (χ2v) is 15.2. The summed E-state index contributed by atoms with van der Waals surface area (Å²) in [5, 5.41) is 22.5. The zero-order valence-electron chi connectivity index (χ0n) is 25.2. The van der Waals surface area contributed by atoms with E-state index in [0.717, 1.165) is 25.7 Å². The van der Waals surface area contributed by atoms with Crippen LogP contribution in [-0.4, -0.2) is 71.9 Å². The molecular formula is C34H50N2O3. The molecule has 1 aromatic rings. The van der Waals surface area contributed by atoms with E-state index in [2.05, 4.69) is 58.8 Å². The van der Waals surface area contributed by atoms with Crippen LogP contribution in [0.25, 0.3) is 0 Å². The van der Waals surface area contributed by atoms with E-state index in [4.69, 9.17) is 0 Å². The van der Waals surface area contributed by atoms with Crippen molar-refractivity contribution in [3.63, 3.8) is 0 Å². The van der Waals surface area contributed by atoms with Crippen LogP contribution in [0.3, 0.4) is 0 Å². The van der Waals surface area contributed by atoms with E-state index in [1.165, 1.54) is 12.8 Å². The minimum atomic E-state index is -0.388. The molecule has 0 aromatic heterocycles. The predicted molar refractivity (Wildman–Crippen MR) is 155 cm³/mol. The second kappa shape index (κ2) is 8.66. The van der Waals surface area contributed by atoms with Crippen molar-refractivity contribution in [2.45, 2.75) is 84.4 Å². The number of amides is 1. The fourth-order valence-electron chi connectivity index (χ4n) is 11.5. The first-order chi connectivity index (χ1) is 18.3. The largest absolute Gasteiger partial charge is 0.396 e. The molecule has 5 aliphatic carbocycles. The van der Waals surface area contributed by atoms with Crippen molar-refractivity contribution in [2.75, 3.05) is 27.7 Å². The molecule has 39 heavy (non-hydrogen) atoms. The van der Waals surface area contributed by atoms with Gasteiger partial charge in [-0.1, -0.05) is 51.1 Å². The zero-order valence-corrected chi connectivity index (χ0v) is 25.2. The third-order valence-corrected chi connectivity index (χ3v) is 13.9. The average molecular weight is 535 g/mol. The Morgan fingerprint density at radius 1 is 0.974 bits per heavy atom. The summed E-state index contributed by atoms with van der Waals surface area (Å²) >= 11 is 0. The number of benzene rings is 1. The van der Waals surface area contributed by atoms with Crippen LogP contribution in [0.1, 0.15) is 76.6 Å². The molecular weight excluding hydrogens is 484 g/mol. The summed E-state index contributed by atoms with van der Waals surface area (Å²) in [5.41, 5.74) is 0.909. The number of aliphatic hydroxyl groups excluding tert-OH is 2. The van der Waals surface area contributed by atoms with E-state index < -0.39 is 0 Å². The third-order valence-electron chi connectivity index (χ3n) is 13.9. The van der Waals surface area contributed by atoms with Crippen molar-refractivity contribution < 1.29 is 15.0 Å². The number of carbonyl (C=O) groups excluding carboxylic acids is 1. The molecule has 11 atom stereocenters. The summed E-state index contributed by atoms with van der Waals surface area (Å²) in [5.74, 6) is 1.03. The molecule has 214 valence electrons. The van der Waals surface area contributed by atoms with Gasteiger partial charge in [0, 0.05) is 36.0 Å². The summed E-state index contributed by atoms with van der Waals surface area (Å²) < 4.78 is 0. The van der Waals surface area contributed by atoms with Crippen LogP contribution in [-0.2, 0) is 0 Å². The maximum absolute atomic E-state index is 13.5. The molecule has 0 bridgehead atoms. The molecule has 0 aliphatic heterocycles. The maximum atomic E-state index is 13.5. The first-order valence-corrected chi connectivity index (χ1v) is 15.3. The van der Waals surface area contributed by atoms with Crippen LogP contribution in [0.15, 0.2) is 42.5 Å². The van der Waals surface area contributed by atoms with E-state index in [1.54, 1.807) is 0 Å². The number of carbonyl (C=O) groups is 1. The van der Waals surface area contributed by atoms with Gasteiger partial charge < -0.3 is 20.0 Å². The van der Waals surface area contributed by atoms with Gasteiger partial charge >= 0.3 is 0 Å². The van der Waals surface area contributed by atoms with Crippen molar-refractivity contribution in [1.29, 1.82) is 0 Å². The van der Waals surface area contributed by atoms with Gasteiger partial charge in [0.25, 0.3) is 5.91 Å². The molecule has 1 amide bonds. The Kier molecular flexibility index (Phi) is 6.10. The number of hydrogen-bond acceptors (Lipinski definition) is 4. The lowest BCUT2D eigenvalue weighted by Crippen LogP contribution is -2.61. The van der Waals surface area contributed by atoms with E-state index in [0.29, 0.717) is 17.5 Å². The second-order valence-electron chi connectivity index (χ2n) is 15.2. The van der Waals surface area contributed by atoms with E-state index in [1.807, 2.05) is 42.3 Å². The molecule has 1 aromatic carbocycles. The molecule has 5 nitrogen and oxygen atoms in total. The van der Waals surface area contributed by atoms with Crippen molar-refractivity contribution in [3.05, 3.63) is 48.0 Å². The Bertz CT molecular complexity index is 1170. The Morgan fingerprint density at radius 2 is 1.62 bits per heavy atom. The number of rotatable bonds is 5. The normalized spacial score (nSPS) is 48.5. The molecule has 0 heterocycles. The Hall–Kier alpha value is -1.69. The molecule has 0 radical (unpaired) electrons. The number of allylic oxidation sites excluding steroid dienone is 2. The molecule has 4 saturated carbocycles. The van der Waals surface area contributed by atoms with Gasteiger partial charge in [-0.05, 0) is 105 Å². The first-order valence-electron chi connectivity index (χ1n) is 15.3. The average Bonchev–Trinajstić information content (AvgIpc) is 3.52. The molecule has 5 aliphatic rings. The van der Waals surface area contributed by atoms with E-state index >= 15 is 0 Å². The molecule has 2 spiro atoms. The van der Waals surface area contributed by atoms with Gasteiger partial charge in [-0.2, -0.15) is 0 Å². The molecule has 0 saturated heterocycles. The van der Waals surface area contributed by atoms with Gasteiger partial charge in [0.2, 0.25) is 0 Å². The highest BCUT2D eigenvalue weighted by Gasteiger charge is 2.82. The molecule has 6 rings (SSSR count). The van der Waals surface area contributed by atoms with E-state index in [-0.39, 0.29) is 63.6 Å². The minimum Gasteiger partial charge on any atom is -0.396 e. The predicted octanol–water partition coefficient (Wildman–Crippen LogP) is 5.24. The summed E-state index contributed by atoms with van der Waals surface area (Å²) in [6, 6.07) is 9.88. The Balaban J connectivity index is 1.35. The summed E-state index contributed by atoms with van der Waals surface area (Å²) in [4.78, 5) is 17.7. The Morgan fingerprint density at radius 3 is 2.26 bits per heavy atom. The lowest BCUT2D eigenvalue weighted by Gasteiger charge is -2.62. The summed E-state index contributed by atoms with van der Waals surface area (Å²) in [7, 11) is 6.23. The number of aliphatic hydroxyl groups is 2. The fraction of sp³-hybridized carbons (Fsp3) is 0.735. The number of hydrogen-bond donors (Lipinski definition) is 2. The number of fused-ring (bicyclic) bond motifs is 2. The monoisotopic (exact) mass is 534 g/mol. The van der Waals surface area contributed by atoms with Crippen molar-refractivity contribution in [1.82, 2.24) is 9.80 Å². The zero-order chi connectivity index (χ0) is 28.2. The molecule has 5 heteroatoms. The fourth-order valence-corrected chi connectivity index (χ4v) is 11.5. The van der Waals surface area contributed by atoms with Gasteiger partial charge in [-0.15, -0.1) is 0 Å². The number of nitrogens with zero attached hydrogens (tertiary/aromatic N) is 2. The SMILES string of the molecule is CC(C1C(O)CC2(C)C3C=CC4C(C)(CO)C(N(C)C(=O)c5ccccc5)CCC45CC35CCC12C)N(C)C. The van der Waals surface area contributed by atoms with Crippen molar-refractivity contribution in [2.24, 2.45) is 44.8 Å². The first kappa shape index (κ1) is 27.5. The van der Waals surface area contributed by atoms with Crippen LogP contribution >= 0.6 is 0 Å². The quantitative estimate of drug-likeness (QED) is 0.508. The van der Waals surface area contributed by atoms with Crippen LogP contribution in [0.2, 0.25) is 0 Å². The minimum absolute atomic E-state index is 0.00671. The topological polar surface area (TPSA) is 64.0 Å². The standard InChI is InChI=1S/C34H50N2O3/c1-22(35(5)6)28-24(38)19-32(4)26-14-13-25-30(2,21-37)27(36(7)29(39)23-11-9-8-10-12-23)15-16-33(25)20-34(26,33)18-17-31(28,32)3/h8-14,22,24-28,37-38H,15-21H2,1-7H3. The highest BCUT2D eigenvalue weighted by molar-refractivity contribution is 5.94.